The maximum Gasteiger partial charge on any atom is 0.101 e. The van der Waals surface area contributed by atoms with Gasteiger partial charge in [0.1, 0.15) is 6.07 Å². The van der Waals surface area contributed by atoms with Crippen molar-refractivity contribution in [2.75, 3.05) is 17.6 Å². The maximum absolute atomic E-state index is 10.0. The van der Waals surface area contributed by atoms with Crippen LogP contribution in [0.1, 0.15) is 17.2 Å². The smallest absolute Gasteiger partial charge is 0.101 e. The van der Waals surface area contributed by atoms with Crippen molar-refractivity contribution in [1.82, 2.24) is 0 Å². The molecule has 0 aliphatic carbocycles. The average Bonchev–Trinajstić information content (AvgIpc) is 2.47. The number of nitriles is 1. The van der Waals surface area contributed by atoms with E-state index in [2.05, 4.69) is 5.32 Å². The largest absolute Gasteiger partial charge is 0.396 e. The summed E-state index contributed by atoms with van der Waals surface area (Å²) in [6, 6.07) is 16.6. The molecule has 0 radical (unpaired) electrons. The van der Waals surface area contributed by atoms with Crippen molar-refractivity contribution in [2.24, 2.45) is 0 Å². The highest BCUT2D eigenvalue weighted by Gasteiger charge is 2.08. The van der Waals surface area contributed by atoms with Crippen LogP contribution in [0.3, 0.4) is 0 Å². The van der Waals surface area contributed by atoms with Gasteiger partial charge in [-0.1, -0.05) is 36.4 Å². The highest BCUT2D eigenvalue weighted by molar-refractivity contribution is 5.72. The van der Waals surface area contributed by atoms with E-state index in [-0.39, 0.29) is 0 Å². The first kappa shape index (κ1) is 12.9. The third-order valence-corrected chi connectivity index (χ3v) is 2.90. The molecule has 2 rings (SSSR count). The Morgan fingerprint density at radius 1 is 1.16 bits per heavy atom. The zero-order chi connectivity index (χ0) is 13.7. The lowest BCUT2D eigenvalue weighted by molar-refractivity contribution is 0.191. The van der Waals surface area contributed by atoms with E-state index in [1.54, 1.807) is 18.2 Å². The molecule has 19 heavy (non-hydrogen) atoms. The molecule has 0 spiro atoms. The molecule has 0 bridgehead atoms. The Labute approximate surface area is 112 Å². The molecular formula is C15H15N3O. The molecule has 4 heteroatoms. The fourth-order valence-electron chi connectivity index (χ4n) is 1.82. The summed E-state index contributed by atoms with van der Waals surface area (Å²) in [5.74, 6) is 0. The molecule has 1 unspecified atom stereocenters. The van der Waals surface area contributed by atoms with E-state index in [1.807, 2.05) is 36.4 Å². The second kappa shape index (κ2) is 5.89. The predicted octanol–water partition coefficient (Wildman–Crippen LogP) is 2.29. The zero-order valence-corrected chi connectivity index (χ0v) is 10.4. The van der Waals surface area contributed by atoms with Gasteiger partial charge in [0.25, 0.3) is 0 Å². The van der Waals surface area contributed by atoms with E-state index >= 15 is 0 Å². The van der Waals surface area contributed by atoms with Gasteiger partial charge in [-0.2, -0.15) is 5.26 Å². The van der Waals surface area contributed by atoms with Crippen LogP contribution in [0.25, 0.3) is 0 Å². The third kappa shape index (κ3) is 3.03. The summed E-state index contributed by atoms with van der Waals surface area (Å²) in [7, 11) is 0. The van der Waals surface area contributed by atoms with Crippen molar-refractivity contribution >= 4 is 11.4 Å². The predicted molar refractivity (Wildman–Crippen MR) is 75.5 cm³/mol. The van der Waals surface area contributed by atoms with Crippen LogP contribution in [-0.2, 0) is 0 Å². The molecule has 96 valence electrons. The summed E-state index contributed by atoms with van der Waals surface area (Å²) in [5.41, 5.74) is 8.19. The molecule has 4 nitrogen and oxygen atoms in total. The van der Waals surface area contributed by atoms with Crippen LogP contribution in [0.4, 0.5) is 11.4 Å². The Kier molecular flexibility index (Phi) is 4.01. The molecule has 0 saturated carbocycles. The van der Waals surface area contributed by atoms with Crippen molar-refractivity contribution in [3.05, 3.63) is 59.7 Å². The van der Waals surface area contributed by atoms with Gasteiger partial charge in [-0.25, -0.2) is 0 Å². The summed E-state index contributed by atoms with van der Waals surface area (Å²) >= 11 is 0. The highest BCUT2D eigenvalue weighted by Crippen LogP contribution is 2.23. The first-order chi connectivity index (χ1) is 9.22. The second-order valence-electron chi connectivity index (χ2n) is 4.19. The van der Waals surface area contributed by atoms with Crippen molar-refractivity contribution in [3.63, 3.8) is 0 Å². The van der Waals surface area contributed by atoms with E-state index < -0.39 is 6.10 Å². The number of aliphatic hydroxyl groups excluding tert-OH is 1. The van der Waals surface area contributed by atoms with Gasteiger partial charge in [0.05, 0.1) is 23.0 Å². The zero-order valence-electron chi connectivity index (χ0n) is 10.4. The van der Waals surface area contributed by atoms with Gasteiger partial charge in [0.15, 0.2) is 0 Å². The van der Waals surface area contributed by atoms with Gasteiger partial charge in [-0.05, 0) is 17.7 Å². The lowest BCUT2D eigenvalue weighted by Gasteiger charge is -2.14. The highest BCUT2D eigenvalue weighted by atomic mass is 16.3. The van der Waals surface area contributed by atoms with Crippen molar-refractivity contribution < 1.29 is 5.11 Å². The molecule has 1 atom stereocenters. The quantitative estimate of drug-likeness (QED) is 0.730. The molecule has 0 heterocycles. The number of aliphatic hydroxyl groups is 1. The monoisotopic (exact) mass is 253 g/mol. The molecule has 0 saturated heterocycles. The molecule has 0 aromatic heterocycles. The van der Waals surface area contributed by atoms with Crippen LogP contribution in [0.5, 0.6) is 0 Å². The van der Waals surface area contributed by atoms with E-state index in [4.69, 9.17) is 11.0 Å². The van der Waals surface area contributed by atoms with E-state index in [1.165, 1.54) is 0 Å². The number of hydrogen-bond acceptors (Lipinski definition) is 4. The Morgan fingerprint density at radius 3 is 2.58 bits per heavy atom. The van der Waals surface area contributed by atoms with Crippen LogP contribution in [0.2, 0.25) is 0 Å². The molecule has 0 aliphatic heterocycles. The summed E-state index contributed by atoms with van der Waals surface area (Å²) in [4.78, 5) is 0. The second-order valence-corrected chi connectivity index (χ2v) is 4.19. The van der Waals surface area contributed by atoms with Crippen molar-refractivity contribution in [2.45, 2.75) is 6.10 Å². The van der Waals surface area contributed by atoms with Crippen LogP contribution >= 0.6 is 0 Å². The number of para-hydroxylation sites is 1. The lowest BCUT2D eigenvalue weighted by Crippen LogP contribution is -2.13. The molecule has 0 amide bonds. The van der Waals surface area contributed by atoms with Gasteiger partial charge < -0.3 is 16.2 Å². The minimum Gasteiger partial charge on any atom is -0.396 e. The van der Waals surface area contributed by atoms with Gasteiger partial charge in [-0.3, -0.25) is 0 Å². The third-order valence-electron chi connectivity index (χ3n) is 2.90. The summed E-state index contributed by atoms with van der Waals surface area (Å²) in [5, 5.41) is 22.0. The topological polar surface area (TPSA) is 82.1 Å². The number of nitrogens with one attached hydrogen (secondary N) is 1. The van der Waals surface area contributed by atoms with E-state index in [0.717, 1.165) is 5.56 Å². The Morgan fingerprint density at radius 2 is 1.89 bits per heavy atom. The molecule has 2 aromatic rings. The molecule has 2 aromatic carbocycles. The number of anilines is 2. The van der Waals surface area contributed by atoms with Gasteiger partial charge in [0.2, 0.25) is 0 Å². The van der Waals surface area contributed by atoms with Gasteiger partial charge >= 0.3 is 0 Å². The number of rotatable bonds is 4. The Hall–Kier alpha value is -2.51. The van der Waals surface area contributed by atoms with Crippen LogP contribution in [0, 0.1) is 11.3 Å². The van der Waals surface area contributed by atoms with Gasteiger partial charge in [0, 0.05) is 6.54 Å². The van der Waals surface area contributed by atoms with Gasteiger partial charge in [-0.15, -0.1) is 0 Å². The minimum atomic E-state index is -0.619. The molecule has 0 aliphatic rings. The summed E-state index contributed by atoms with van der Waals surface area (Å²) < 4.78 is 0. The van der Waals surface area contributed by atoms with Crippen molar-refractivity contribution in [3.8, 4) is 6.07 Å². The van der Waals surface area contributed by atoms with Crippen LogP contribution in [-0.4, -0.2) is 11.7 Å². The normalized spacial score (nSPS) is 11.6. The number of nitrogen functional groups attached to an aromatic ring is 1. The lowest BCUT2D eigenvalue weighted by atomic mass is 10.1. The fourth-order valence-corrected chi connectivity index (χ4v) is 1.82. The SMILES string of the molecule is N#Cc1cccc(NCC(O)c2ccccc2)c1N. The first-order valence-corrected chi connectivity index (χ1v) is 5.98. The minimum absolute atomic E-state index is 0.336. The molecular weight excluding hydrogens is 238 g/mol. The Bertz CT molecular complexity index is 590. The number of hydrogen-bond donors (Lipinski definition) is 3. The average molecular weight is 253 g/mol. The number of nitrogens with zero attached hydrogens (tertiary/aromatic N) is 1. The molecule has 4 N–H and O–H groups in total. The van der Waals surface area contributed by atoms with E-state index in [9.17, 15) is 5.11 Å². The fraction of sp³-hybridized carbons (Fsp3) is 0.133. The molecule has 0 fully saturated rings. The van der Waals surface area contributed by atoms with Crippen LogP contribution in [0.15, 0.2) is 48.5 Å². The number of benzene rings is 2. The first-order valence-electron chi connectivity index (χ1n) is 5.98. The van der Waals surface area contributed by atoms with Crippen molar-refractivity contribution in [1.29, 1.82) is 5.26 Å². The maximum atomic E-state index is 10.0. The summed E-state index contributed by atoms with van der Waals surface area (Å²) in [6.45, 7) is 0.336. The number of nitrogens with two attached hydrogens (primary N) is 1. The van der Waals surface area contributed by atoms with E-state index in [0.29, 0.717) is 23.5 Å². The standard InChI is InChI=1S/C15H15N3O/c16-9-12-7-4-8-13(15(12)17)18-10-14(19)11-5-2-1-3-6-11/h1-8,14,18-19H,10,17H2. The summed E-state index contributed by atoms with van der Waals surface area (Å²) in [6.07, 6.45) is -0.619. The van der Waals surface area contributed by atoms with Crippen LogP contribution < -0.4 is 11.1 Å². The Balaban J connectivity index is 2.06.